The number of aliphatic hydroxyl groups excluding tert-OH is 4. The van der Waals surface area contributed by atoms with Crippen LogP contribution in [0.25, 0.3) is 0 Å². The lowest BCUT2D eigenvalue weighted by molar-refractivity contribution is -0.272. The quantitative estimate of drug-likeness (QED) is 0.306. The van der Waals surface area contributed by atoms with Crippen LogP contribution in [0, 0.1) is 0 Å². The van der Waals surface area contributed by atoms with Crippen LogP contribution in [0.2, 0.25) is 0 Å². The Kier molecular flexibility index (Phi) is 5.52. The van der Waals surface area contributed by atoms with Crippen molar-refractivity contribution in [2.24, 2.45) is 11.5 Å². The van der Waals surface area contributed by atoms with Crippen LogP contribution in [0.4, 0.5) is 0 Å². The molecule has 2 aliphatic heterocycles. The molecule has 0 bridgehead atoms. The summed E-state index contributed by atoms with van der Waals surface area (Å²) in [6.07, 6.45) is -6.37. The van der Waals surface area contributed by atoms with Gasteiger partial charge >= 0.3 is 0 Å². The predicted molar refractivity (Wildman–Crippen MR) is 70.0 cm³/mol. The first-order chi connectivity index (χ1) is 9.86. The number of aliphatic hydroxyl groups is 4. The van der Waals surface area contributed by atoms with Gasteiger partial charge in [0.1, 0.15) is 24.4 Å². The minimum absolute atomic E-state index is 0.0292. The fraction of sp³-hybridized carbons (Fsp3) is 1.00. The Morgan fingerprint density at radius 1 is 0.952 bits per heavy atom. The summed E-state index contributed by atoms with van der Waals surface area (Å²) < 4.78 is 16.2. The zero-order valence-corrected chi connectivity index (χ0v) is 11.8. The molecule has 0 radical (unpaired) electrons. The molecule has 9 heteroatoms. The van der Waals surface area contributed by atoms with Gasteiger partial charge in [0.2, 0.25) is 0 Å². The Bertz CT molecular complexity index is 346. The van der Waals surface area contributed by atoms with Crippen molar-refractivity contribution >= 4 is 0 Å². The highest BCUT2D eigenvalue weighted by Gasteiger charge is 2.44. The molecular formula is C12H24N2O7. The van der Waals surface area contributed by atoms with E-state index in [0.29, 0.717) is 0 Å². The second-order valence-electron chi connectivity index (χ2n) is 5.56. The van der Waals surface area contributed by atoms with E-state index in [1.807, 2.05) is 0 Å². The van der Waals surface area contributed by atoms with Gasteiger partial charge in [0.15, 0.2) is 6.29 Å². The molecule has 0 aromatic carbocycles. The fourth-order valence-electron chi connectivity index (χ4n) is 2.55. The standard InChI is InChI=1S/C12H24N2O7/c1-4-7(13)9(16)6(20-4)3-19-12-8(14)11(18)10(17)5(2-15)21-12/h4-12,15-18H,2-3,13-14H2,1H3/t4-,5-,6-,7-,8-,9-,10-,11-,12?/m1/s1. The Labute approximate surface area is 122 Å². The van der Waals surface area contributed by atoms with E-state index < -0.39 is 55.5 Å². The van der Waals surface area contributed by atoms with Gasteiger partial charge in [0, 0.05) is 0 Å². The molecule has 0 aliphatic carbocycles. The summed E-state index contributed by atoms with van der Waals surface area (Å²) in [7, 11) is 0. The third kappa shape index (κ3) is 3.36. The van der Waals surface area contributed by atoms with Crippen LogP contribution in [0.1, 0.15) is 6.92 Å². The molecule has 0 saturated carbocycles. The van der Waals surface area contributed by atoms with Crippen molar-refractivity contribution in [2.75, 3.05) is 13.2 Å². The fourth-order valence-corrected chi connectivity index (χ4v) is 2.55. The molecule has 0 aromatic rings. The number of hydrogen-bond acceptors (Lipinski definition) is 9. The summed E-state index contributed by atoms with van der Waals surface area (Å²) in [5.41, 5.74) is 11.5. The van der Waals surface area contributed by atoms with E-state index in [1.165, 1.54) is 0 Å². The van der Waals surface area contributed by atoms with E-state index in [0.717, 1.165) is 0 Å². The van der Waals surface area contributed by atoms with Crippen molar-refractivity contribution in [1.29, 1.82) is 0 Å². The van der Waals surface area contributed by atoms with Crippen molar-refractivity contribution in [1.82, 2.24) is 0 Å². The van der Waals surface area contributed by atoms with Gasteiger partial charge in [-0.25, -0.2) is 0 Å². The van der Waals surface area contributed by atoms with Gasteiger partial charge in [-0.2, -0.15) is 0 Å². The summed E-state index contributed by atoms with van der Waals surface area (Å²) in [5, 5.41) is 38.4. The van der Waals surface area contributed by atoms with E-state index in [9.17, 15) is 15.3 Å². The van der Waals surface area contributed by atoms with E-state index in [4.69, 9.17) is 30.8 Å². The molecular weight excluding hydrogens is 284 g/mol. The maximum atomic E-state index is 9.88. The third-order valence-electron chi connectivity index (χ3n) is 4.06. The van der Waals surface area contributed by atoms with Crippen LogP contribution in [0.15, 0.2) is 0 Å². The highest BCUT2D eigenvalue weighted by Crippen LogP contribution is 2.23. The molecule has 0 aromatic heterocycles. The van der Waals surface area contributed by atoms with Gasteiger partial charge in [0.25, 0.3) is 0 Å². The Morgan fingerprint density at radius 2 is 1.62 bits per heavy atom. The second kappa shape index (κ2) is 6.82. The van der Waals surface area contributed by atoms with Crippen molar-refractivity contribution in [3.8, 4) is 0 Å². The van der Waals surface area contributed by atoms with Crippen molar-refractivity contribution in [3.05, 3.63) is 0 Å². The highest BCUT2D eigenvalue weighted by atomic mass is 16.7. The average Bonchev–Trinajstić information content (AvgIpc) is 2.71. The lowest BCUT2D eigenvalue weighted by atomic mass is 9.98. The van der Waals surface area contributed by atoms with E-state index in [2.05, 4.69) is 0 Å². The third-order valence-corrected chi connectivity index (χ3v) is 4.06. The van der Waals surface area contributed by atoms with Gasteiger partial charge in [0.05, 0.1) is 37.5 Å². The summed E-state index contributed by atoms with van der Waals surface area (Å²) in [4.78, 5) is 0. The molecule has 124 valence electrons. The summed E-state index contributed by atoms with van der Waals surface area (Å²) in [6.45, 7) is 1.24. The number of rotatable bonds is 4. The smallest absolute Gasteiger partial charge is 0.175 e. The first-order valence-electron chi connectivity index (χ1n) is 6.95. The number of hydrogen-bond donors (Lipinski definition) is 6. The second-order valence-corrected chi connectivity index (χ2v) is 5.56. The topological polar surface area (TPSA) is 161 Å². The molecule has 2 saturated heterocycles. The average molecular weight is 308 g/mol. The minimum atomic E-state index is -1.29. The highest BCUT2D eigenvalue weighted by molar-refractivity contribution is 4.93. The van der Waals surface area contributed by atoms with Crippen molar-refractivity contribution < 1.29 is 34.6 Å². The summed E-state index contributed by atoms with van der Waals surface area (Å²) >= 11 is 0. The van der Waals surface area contributed by atoms with Gasteiger partial charge < -0.3 is 46.1 Å². The van der Waals surface area contributed by atoms with Crippen molar-refractivity contribution in [3.63, 3.8) is 0 Å². The van der Waals surface area contributed by atoms with Crippen LogP contribution in [-0.2, 0) is 14.2 Å². The van der Waals surface area contributed by atoms with Crippen LogP contribution >= 0.6 is 0 Å². The Hall–Kier alpha value is -0.360. The summed E-state index contributed by atoms with van der Waals surface area (Å²) in [6, 6.07) is -1.48. The molecule has 21 heavy (non-hydrogen) atoms. The molecule has 0 amide bonds. The number of ether oxygens (including phenoxy) is 3. The van der Waals surface area contributed by atoms with E-state index >= 15 is 0 Å². The first kappa shape index (κ1) is 17.0. The first-order valence-corrected chi connectivity index (χ1v) is 6.95. The van der Waals surface area contributed by atoms with Gasteiger partial charge in [-0.15, -0.1) is 0 Å². The molecule has 2 heterocycles. The summed E-state index contributed by atoms with van der Waals surface area (Å²) in [5.74, 6) is 0. The van der Waals surface area contributed by atoms with Crippen LogP contribution in [-0.4, -0.2) is 88.6 Å². The van der Waals surface area contributed by atoms with E-state index in [-0.39, 0.29) is 12.7 Å². The lowest BCUT2D eigenvalue weighted by Gasteiger charge is -2.40. The lowest BCUT2D eigenvalue weighted by Crippen LogP contribution is -2.62. The Balaban J connectivity index is 1.90. The van der Waals surface area contributed by atoms with Crippen LogP contribution in [0.5, 0.6) is 0 Å². The predicted octanol–water partition coefficient (Wildman–Crippen LogP) is -3.76. The minimum Gasteiger partial charge on any atom is -0.394 e. The van der Waals surface area contributed by atoms with Crippen LogP contribution < -0.4 is 11.5 Å². The maximum Gasteiger partial charge on any atom is 0.175 e. The molecule has 2 rings (SSSR count). The SMILES string of the molecule is C[C@H]1O[C@H](COC2O[C@H](CO)[C@@H](O)[C@H](O)[C@H]2N)[C@@H](O)[C@@H]1N. The molecule has 8 N–H and O–H groups in total. The molecule has 9 atom stereocenters. The molecule has 0 spiro atoms. The van der Waals surface area contributed by atoms with Gasteiger partial charge in [-0.1, -0.05) is 0 Å². The monoisotopic (exact) mass is 308 g/mol. The van der Waals surface area contributed by atoms with Gasteiger partial charge in [-0.3, -0.25) is 0 Å². The van der Waals surface area contributed by atoms with E-state index in [1.54, 1.807) is 6.92 Å². The van der Waals surface area contributed by atoms with Crippen LogP contribution in [0.3, 0.4) is 0 Å². The number of nitrogens with two attached hydrogens (primary N) is 2. The van der Waals surface area contributed by atoms with Gasteiger partial charge in [-0.05, 0) is 6.92 Å². The molecule has 1 unspecified atom stereocenters. The zero-order chi connectivity index (χ0) is 15.7. The normalized spacial score (nSPS) is 51.3. The zero-order valence-electron chi connectivity index (χ0n) is 11.8. The Morgan fingerprint density at radius 3 is 2.14 bits per heavy atom. The molecule has 2 aliphatic rings. The largest absolute Gasteiger partial charge is 0.394 e. The maximum absolute atomic E-state index is 9.88. The van der Waals surface area contributed by atoms with Crippen molar-refractivity contribution in [2.45, 2.75) is 61.9 Å². The molecule has 9 nitrogen and oxygen atoms in total. The molecule has 2 fully saturated rings.